The van der Waals surface area contributed by atoms with Crippen LogP contribution in [0.25, 0.3) is 0 Å². The average molecular weight is 292 g/mol. The molecule has 2 bridgehead atoms. The molecule has 2 fully saturated rings. The number of hydrogen-bond donors (Lipinski definition) is 1. The Morgan fingerprint density at radius 3 is 2.95 bits per heavy atom. The van der Waals surface area contributed by atoms with Gasteiger partial charge in [-0.3, -0.25) is 4.90 Å². The third kappa shape index (κ3) is 3.40. The van der Waals surface area contributed by atoms with Crippen LogP contribution in [0.3, 0.4) is 0 Å². The predicted molar refractivity (Wildman–Crippen MR) is 84.5 cm³/mol. The molecule has 21 heavy (non-hydrogen) atoms. The predicted octanol–water partition coefficient (Wildman–Crippen LogP) is 2.09. The van der Waals surface area contributed by atoms with Crippen molar-refractivity contribution in [1.29, 1.82) is 0 Å². The van der Waals surface area contributed by atoms with Crippen molar-refractivity contribution >= 4 is 6.01 Å². The smallest absolute Gasteiger partial charge is 0.297 e. The van der Waals surface area contributed by atoms with Crippen LogP contribution in [0.2, 0.25) is 0 Å². The van der Waals surface area contributed by atoms with E-state index in [9.17, 15) is 0 Å². The van der Waals surface area contributed by atoms with Crippen molar-refractivity contribution < 1.29 is 4.42 Å². The van der Waals surface area contributed by atoms with Gasteiger partial charge in [-0.15, -0.1) is 0 Å². The van der Waals surface area contributed by atoms with Crippen LogP contribution in [-0.2, 0) is 6.54 Å². The maximum absolute atomic E-state index is 5.72. The van der Waals surface area contributed by atoms with E-state index in [-0.39, 0.29) is 0 Å². The molecule has 1 aromatic heterocycles. The van der Waals surface area contributed by atoms with Gasteiger partial charge in [0.1, 0.15) is 6.26 Å². The molecule has 2 aliphatic heterocycles. The fourth-order valence-corrected chi connectivity index (χ4v) is 3.49. The molecule has 5 heteroatoms. The highest BCUT2D eigenvalue weighted by Crippen LogP contribution is 2.30. The molecule has 5 nitrogen and oxygen atoms in total. The first-order valence-electron chi connectivity index (χ1n) is 8.25. The summed E-state index contributed by atoms with van der Waals surface area (Å²) in [6.45, 7) is 8.34. The molecule has 1 aromatic rings. The number of oxazole rings is 1. The van der Waals surface area contributed by atoms with E-state index in [1.165, 1.54) is 19.3 Å². The van der Waals surface area contributed by atoms with Gasteiger partial charge in [0.05, 0.1) is 5.69 Å². The molecule has 0 aromatic carbocycles. The van der Waals surface area contributed by atoms with Crippen LogP contribution < -0.4 is 10.2 Å². The lowest BCUT2D eigenvalue weighted by Gasteiger charge is -2.24. The molecule has 118 valence electrons. The van der Waals surface area contributed by atoms with Crippen molar-refractivity contribution in [2.45, 2.75) is 51.7 Å². The van der Waals surface area contributed by atoms with Crippen LogP contribution in [0, 0.1) is 5.92 Å². The summed E-state index contributed by atoms with van der Waals surface area (Å²) < 4.78 is 5.72. The molecule has 1 N–H and O–H groups in total. The van der Waals surface area contributed by atoms with Gasteiger partial charge in [-0.2, -0.15) is 4.98 Å². The lowest BCUT2D eigenvalue weighted by atomic mass is 10.1. The zero-order valence-electron chi connectivity index (χ0n) is 13.5. The largest absolute Gasteiger partial charge is 0.432 e. The van der Waals surface area contributed by atoms with E-state index in [2.05, 4.69) is 41.0 Å². The van der Waals surface area contributed by atoms with E-state index in [1.54, 1.807) is 6.26 Å². The van der Waals surface area contributed by atoms with E-state index in [1.807, 2.05) is 0 Å². The Hall–Kier alpha value is -1.07. The second-order valence-corrected chi connectivity index (χ2v) is 6.93. The second-order valence-electron chi connectivity index (χ2n) is 6.93. The fourth-order valence-electron chi connectivity index (χ4n) is 3.49. The number of anilines is 1. The zero-order chi connectivity index (χ0) is 14.8. The fraction of sp³-hybridized carbons (Fsp3) is 0.812. The van der Waals surface area contributed by atoms with E-state index in [0.717, 1.165) is 43.9 Å². The van der Waals surface area contributed by atoms with Crippen LogP contribution in [0.4, 0.5) is 6.01 Å². The molecule has 0 radical (unpaired) electrons. The Morgan fingerprint density at radius 2 is 2.14 bits per heavy atom. The minimum Gasteiger partial charge on any atom is -0.432 e. The summed E-state index contributed by atoms with van der Waals surface area (Å²) in [5.74, 6) is 0.660. The third-order valence-corrected chi connectivity index (χ3v) is 4.82. The third-order valence-electron chi connectivity index (χ3n) is 4.82. The zero-order valence-corrected chi connectivity index (χ0v) is 13.5. The van der Waals surface area contributed by atoms with Gasteiger partial charge < -0.3 is 14.6 Å². The molecular weight excluding hydrogens is 264 g/mol. The lowest BCUT2D eigenvalue weighted by Crippen LogP contribution is -2.36. The highest BCUT2D eigenvalue weighted by molar-refractivity contribution is 5.28. The Labute approximate surface area is 127 Å². The quantitative estimate of drug-likeness (QED) is 0.900. The normalized spacial score (nSPS) is 26.6. The van der Waals surface area contributed by atoms with Crippen LogP contribution in [0.1, 0.15) is 38.8 Å². The highest BCUT2D eigenvalue weighted by Gasteiger charge is 2.35. The van der Waals surface area contributed by atoms with Crippen LogP contribution in [0.5, 0.6) is 0 Å². The van der Waals surface area contributed by atoms with Crippen molar-refractivity contribution in [3.05, 3.63) is 12.0 Å². The van der Waals surface area contributed by atoms with Crippen molar-refractivity contribution in [2.75, 3.05) is 31.6 Å². The summed E-state index contributed by atoms with van der Waals surface area (Å²) >= 11 is 0. The van der Waals surface area contributed by atoms with Crippen LogP contribution in [-0.4, -0.2) is 48.6 Å². The van der Waals surface area contributed by atoms with Crippen molar-refractivity contribution in [1.82, 2.24) is 15.2 Å². The number of nitrogens with zero attached hydrogens (tertiary/aromatic N) is 3. The molecule has 2 saturated heterocycles. The summed E-state index contributed by atoms with van der Waals surface area (Å²) in [6, 6.07) is 2.21. The second kappa shape index (κ2) is 6.36. The van der Waals surface area contributed by atoms with Gasteiger partial charge in [0, 0.05) is 31.7 Å². The maximum atomic E-state index is 5.72. The Bertz CT molecular complexity index is 459. The van der Waals surface area contributed by atoms with E-state index in [4.69, 9.17) is 4.42 Å². The monoisotopic (exact) mass is 292 g/mol. The molecular formula is C16H28N4O. The Balaban J connectivity index is 1.58. The van der Waals surface area contributed by atoms with Gasteiger partial charge in [0.15, 0.2) is 0 Å². The van der Waals surface area contributed by atoms with Gasteiger partial charge >= 0.3 is 0 Å². The number of aromatic nitrogens is 1. The number of rotatable bonds is 5. The number of likely N-dealkylation sites (N-methyl/N-ethyl adjacent to an activating group) is 1. The topological polar surface area (TPSA) is 44.5 Å². The summed E-state index contributed by atoms with van der Waals surface area (Å²) in [6.07, 6.45) is 5.68. The molecule has 0 aliphatic carbocycles. The Kier molecular flexibility index (Phi) is 4.50. The van der Waals surface area contributed by atoms with Gasteiger partial charge in [-0.25, -0.2) is 0 Å². The summed E-state index contributed by atoms with van der Waals surface area (Å²) in [4.78, 5) is 9.53. The van der Waals surface area contributed by atoms with Crippen LogP contribution >= 0.6 is 0 Å². The molecule has 0 amide bonds. The summed E-state index contributed by atoms with van der Waals surface area (Å²) in [7, 11) is 2.27. The first-order valence-corrected chi connectivity index (χ1v) is 8.25. The minimum atomic E-state index is 0.659. The van der Waals surface area contributed by atoms with Gasteiger partial charge in [0.2, 0.25) is 0 Å². The number of hydrogen-bond acceptors (Lipinski definition) is 5. The van der Waals surface area contributed by atoms with Gasteiger partial charge in [-0.1, -0.05) is 13.8 Å². The van der Waals surface area contributed by atoms with E-state index < -0.39 is 0 Å². The maximum Gasteiger partial charge on any atom is 0.297 e. The van der Waals surface area contributed by atoms with Crippen molar-refractivity contribution in [2.24, 2.45) is 5.92 Å². The number of nitrogens with one attached hydrogen (secondary N) is 1. The van der Waals surface area contributed by atoms with Crippen molar-refractivity contribution in [3.63, 3.8) is 0 Å². The molecule has 2 unspecified atom stereocenters. The first kappa shape index (κ1) is 14.9. The Morgan fingerprint density at radius 1 is 1.33 bits per heavy atom. The first-order chi connectivity index (χ1) is 10.1. The highest BCUT2D eigenvalue weighted by atomic mass is 16.4. The van der Waals surface area contributed by atoms with Gasteiger partial charge in [0.25, 0.3) is 6.01 Å². The summed E-state index contributed by atoms with van der Waals surface area (Å²) in [5.41, 5.74) is 1.01. The minimum absolute atomic E-state index is 0.659. The number of fused-ring (bicyclic) bond motifs is 2. The standard InChI is InChI=1S/C16H28N4O/c1-12(2)8-17-9-13-11-21-16(18-13)20-7-6-14-4-5-15(10-20)19(14)3/h11-12,14-15,17H,4-10H2,1-3H3. The lowest BCUT2D eigenvalue weighted by molar-refractivity contribution is 0.254. The average Bonchev–Trinajstić information content (AvgIpc) is 2.96. The summed E-state index contributed by atoms with van der Waals surface area (Å²) in [5, 5.41) is 3.41. The molecule has 0 saturated carbocycles. The SMILES string of the molecule is CC(C)CNCc1coc(N2CCC3CCC(C2)N3C)n1. The van der Waals surface area contributed by atoms with Gasteiger partial charge in [-0.05, 0) is 38.8 Å². The molecule has 3 rings (SSSR count). The molecule has 0 spiro atoms. The molecule has 2 atom stereocenters. The molecule has 3 heterocycles. The van der Waals surface area contributed by atoms with Crippen molar-refractivity contribution in [3.8, 4) is 0 Å². The van der Waals surface area contributed by atoms with E-state index >= 15 is 0 Å². The van der Waals surface area contributed by atoms with E-state index in [0.29, 0.717) is 12.0 Å². The van der Waals surface area contributed by atoms with Crippen LogP contribution in [0.15, 0.2) is 10.7 Å². The molecule has 2 aliphatic rings.